The lowest BCUT2D eigenvalue weighted by Gasteiger charge is -2.10. The van der Waals surface area contributed by atoms with Crippen molar-refractivity contribution in [2.24, 2.45) is 0 Å². The van der Waals surface area contributed by atoms with Crippen molar-refractivity contribution in [1.29, 1.82) is 5.26 Å². The fourth-order valence-corrected chi connectivity index (χ4v) is 2.79. The van der Waals surface area contributed by atoms with Gasteiger partial charge in [-0.25, -0.2) is 4.79 Å². The number of allylic oxidation sites excluding steroid dienone is 1. The summed E-state index contributed by atoms with van der Waals surface area (Å²) in [5.74, 6) is 0.128. The lowest BCUT2D eigenvalue weighted by molar-refractivity contribution is 0.0729. The summed E-state index contributed by atoms with van der Waals surface area (Å²) in [4.78, 5) is 12.3. The second kappa shape index (κ2) is 8.90. The first-order valence-corrected chi connectivity index (χ1v) is 8.81. The van der Waals surface area contributed by atoms with Gasteiger partial charge in [-0.15, -0.1) is 0 Å². The maximum atomic E-state index is 12.3. The van der Waals surface area contributed by atoms with Gasteiger partial charge >= 0.3 is 5.97 Å². The van der Waals surface area contributed by atoms with Crippen molar-refractivity contribution < 1.29 is 14.3 Å². The molecule has 0 spiro atoms. The number of nitrogens with zero attached hydrogens (tertiary/aromatic N) is 1. The zero-order chi connectivity index (χ0) is 19.9. The highest BCUT2D eigenvalue weighted by molar-refractivity contribution is 6.30. The summed E-state index contributed by atoms with van der Waals surface area (Å²) < 4.78 is 10.8. The normalized spacial score (nSPS) is 10.8. The maximum Gasteiger partial charge on any atom is 0.343 e. The van der Waals surface area contributed by atoms with Crippen molar-refractivity contribution in [3.63, 3.8) is 0 Å². The Hall–Kier alpha value is -3.55. The maximum absolute atomic E-state index is 12.3. The second-order valence-electron chi connectivity index (χ2n) is 5.85. The fraction of sp³-hybridized carbons (Fsp3) is 0.0435. The van der Waals surface area contributed by atoms with Crippen LogP contribution in [-0.2, 0) is 0 Å². The molecule has 5 heteroatoms. The van der Waals surface area contributed by atoms with Crippen molar-refractivity contribution in [2.75, 3.05) is 7.11 Å². The van der Waals surface area contributed by atoms with Crippen LogP contribution in [0.1, 0.15) is 21.5 Å². The van der Waals surface area contributed by atoms with Gasteiger partial charge in [0.25, 0.3) is 0 Å². The van der Waals surface area contributed by atoms with E-state index in [4.69, 9.17) is 21.1 Å². The quantitative estimate of drug-likeness (QED) is 0.245. The second-order valence-corrected chi connectivity index (χ2v) is 6.28. The summed E-state index contributed by atoms with van der Waals surface area (Å²) in [5.41, 5.74) is 2.43. The molecule has 0 aliphatic carbocycles. The van der Waals surface area contributed by atoms with Crippen LogP contribution in [0.5, 0.6) is 11.5 Å². The van der Waals surface area contributed by atoms with E-state index in [-0.39, 0.29) is 5.75 Å². The minimum Gasteiger partial charge on any atom is -0.493 e. The molecule has 4 nitrogen and oxygen atoms in total. The third kappa shape index (κ3) is 4.59. The van der Waals surface area contributed by atoms with E-state index in [1.54, 1.807) is 42.5 Å². The Bertz CT molecular complexity index is 1070. The Labute approximate surface area is 168 Å². The molecule has 0 aliphatic rings. The molecule has 0 bridgehead atoms. The highest BCUT2D eigenvalue weighted by Crippen LogP contribution is 2.30. The number of methoxy groups -OCH3 is 1. The Morgan fingerprint density at radius 1 is 0.964 bits per heavy atom. The summed E-state index contributed by atoms with van der Waals surface area (Å²) in [6, 6.07) is 23.2. The number of carbonyl (C=O) groups excluding carboxylic acids is 1. The van der Waals surface area contributed by atoms with Gasteiger partial charge < -0.3 is 9.47 Å². The number of rotatable bonds is 5. The molecule has 0 aliphatic heterocycles. The summed E-state index contributed by atoms with van der Waals surface area (Å²) in [5, 5.41) is 9.91. The summed E-state index contributed by atoms with van der Waals surface area (Å²) in [6.45, 7) is 0. The van der Waals surface area contributed by atoms with Gasteiger partial charge in [0.1, 0.15) is 0 Å². The van der Waals surface area contributed by atoms with Crippen molar-refractivity contribution in [3.05, 3.63) is 94.5 Å². The first kappa shape index (κ1) is 19.2. The third-order valence-corrected chi connectivity index (χ3v) is 4.20. The van der Waals surface area contributed by atoms with Crippen molar-refractivity contribution in [1.82, 2.24) is 0 Å². The van der Waals surface area contributed by atoms with Crippen LogP contribution < -0.4 is 9.47 Å². The van der Waals surface area contributed by atoms with Crippen LogP contribution in [0.4, 0.5) is 0 Å². The molecule has 138 valence electrons. The van der Waals surface area contributed by atoms with Crippen LogP contribution in [0, 0.1) is 11.3 Å². The molecule has 28 heavy (non-hydrogen) atoms. The van der Waals surface area contributed by atoms with Crippen LogP contribution in [-0.4, -0.2) is 13.1 Å². The smallest absolute Gasteiger partial charge is 0.343 e. The largest absolute Gasteiger partial charge is 0.493 e. The van der Waals surface area contributed by atoms with Crippen LogP contribution in [0.15, 0.2) is 72.8 Å². The van der Waals surface area contributed by atoms with E-state index in [9.17, 15) is 10.1 Å². The van der Waals surface area contributed by atoms with Gasteiger partial charge in [0.15, 0.2) is 11.5 Å². The number of benzene rings is 3. The Kier molecular flexibility index (Phi) is 6.11. The van der Waals surface area contributed by atoms with Crippen LogP contribution in [0.2, 0.25) is 5.02 Å². The molecular weight excluding hydrogens is 374 g/mol. The van der Waals surface area contributed by atoms with Gasteiger partial charge in [-0.2, -0.15) is 5.26 Å². The predicted molar refractivity (Wildman–Crippen MR) is 109 cm³/mol. The molecule has 0 amide bonds. The molecular formula is C23H16ClNO3. The van der Waals surface area contributed by atoms with Gasteiger partial charge in [-0.3, -0.25) is 0 Å². The molecule has 3 aromatic carbocycles. The molecule has 0 fully saturated rings. The molecule has 0 heterocycles. The monoisotopic (exact) mass is 389 g/mol. The molecule has 0 saturated carbocycles. The van der Waals surface area contributed by atoms with E-state index < -0.39 is 5.97 Å². The lowest BCUT2D eigenvalue weighted by Crippen LogP contribution is -2.09. The van der Waals surface area contributed by atoms with Crippen LogP contribution in [0.3, 0.4) is 0 Å². The van der Waals surface area contributed by atoms with Gasteiger partial charge in [-0.1, -0.05) is 54.1 Å². The fourth-order valence-electron chi connectivity index (χ4n) is 2.60. The molecule has 3 rings (SSSR count). The standard InChI is InChI=1S/C23H16ClNO3/c1-27-22-13-16(12-19(15-25)17-6-3-2-4-7-17)10-11-21(22)28-23(26)18-8-5-9-20(24)14-18/h2-14H,1H3/b19-12-. The van der Waals surface area contributed by atoms with E-state index in [0.717, 1.165) is 11.1 Å². The van der Waals surface area contributed by atoms with E-state index in [2.05, 4.69) is 6.07 Å². The molecule has 0 radical (unpaired) electrons. The molecule has 0 unspecified atom stereocenters. The lowest BCUT2D eigenvalue weighted by atomic mass is 10.0. The zero-order valence-corrected chi connectivity index (χ0v) is 15.8. The minimum atomic E-state index is -0.536. The van der Waals surface area contributed by atoms with E-state index in [1.165, 1.54) is 13.2 Å². The van der Waals surface area contributed by atoms with E-state index >= 15 is 0 Å². The van der Waals surface area contributed by atoms with Gasteiger partial charge in [0.2, 0.25) is 0 Å². The number of carbonyl (C=O) groups is 1. The van der Waals surface area contributed by atoms with Gasteiger partial charge in [0, 0.05) is 5.02 Å². The third-order valence-electron chi connectivity index (χ3n) is 3.97. The number of hydrogen-bond acceptors (Lipinski definition) is 4. The number of halogens is 1. The van der Waals surface area contributed by atoms with E-state index in [1.807, 2.05) is 30.3 Å². The van der Waals surface area contributed by atoms with Crippen molar-refractivity contribution in [3.8, 4) is 17.6 Å². The summed E-state index contributed by atoms with van der Waals surface area (Å²) in [7, 11) is 1.49. The SMILES string of the molecule is COc1cc(/C=C(/C#N)c2ccccc2)ccc1OC(=O)c1cccc(Cl)c1. The predicted octanol–water partition coefficient (Wildman–Crippen LogP) is 5.63. The number of esters is 1. The van der Waals surface area contributed by atoms with Gasteiger partial charge in [0.05, 0.1) is 24.3 Å². The molecule has 0 atom stereocenters. The molecule has 3 aromatic rings. The van der Waals surface area contributed by atoms with Crippen molar-refractivity contribution >= 4 is 29.2 Å². The topological polar surface area (TPSA) is 59.3 Å². The highest BCUT2D eigenvalue weighted by atomic mass is 35.5. The van der Waals surface area contributed by atoms with E-state index in [0.29, 0.717) is 21.9 Å². The Morgan fingerprint density at radius 3 is 2.39 bits per heavy atom. The highest BCUT2D eigenvalue weighted by Gasteiger charge is 2.13. The van der Waals surface area contributed by atoms with Crippen LogP contribution >= 0.6 is 11.6 Å². The van der Waals surface area contributed by atoms with Crippen molar-refractivity contribution in [2.45, 2.75) is 0 Å². The zero-order valence-electron chi connectivity index (χ0n) is 15.1. The molecule has 0 N–H and O–H groups in total. The van der Waals surface area contributed by atoms with Crippen LogP contribution in [0.25, 0.3) is 11.6 Å². The summed E-state index contributed by atoms with van der Waals surface area (Å²) >= 11 is 5.92. The number of ether oxygens (including phenoxy) is 2. The van der Waals surface area contributed by atoms with Gasteiger partial charge in [-0.05, 0) is 47.5 Å². The number of hydrogen-bond donors (Lipinski definition) is 0. The minimum absolute atomic E-state index is 0.280. The number of nitriles is 1. The average Bonchev–Trinajstić information content (AvgIpc) is 2.73. The summed E-state index contributed by atoms with van der Waals surface area (Å²) in [6.07, 6.45) is 1.75. The first-order valence-electron chi connectivity index (χ1n) is 8.43. The Balaban J connectivity index is 1.87. The first-order chi connectivity index (χ1) is 13.6. The molecule has 0 aromatic heterocycles. The Morgan fingerprint density at radius 2 is 1.71 bits per heavy atom. The molecule has 0 saturated heterocycles. The average molecular weight is 390 g/mol.